The maximum atomic E-state index is 13.7. The van der Waals surface area contributed by atoms with Crippen molar-refractivity contribution in [3.63, 3.8) is 0 Å². The predicted molar refractivity (Wildman–Crippen MR) is 250 cm³/mol. The lowest BCUT2D eigenvalue weighted by molar-refractivity contribution is -0.166. The first-order valence-corrected chi connectivity index (χ1v) is 25.7. The molecule has 8 N–H and O–H groups in total. The summed E-state index contributed by atoms with van der Waals surface area (Å²) in [7, 11) is -5.48. The summed E-state index contributed by atoms with van der Waals surface area (Å²) in [6, 6.07) is 0. The lowest BCUT2D eigenvalue weighted by atomic mass is 9.83. The fourth-order valence-corrected chi connectivity index (χ4v) is 8.63. The second kappa shape index (κ2) is 34.4. The van der Waals surface area contributed by atoms with Crippen molar-refractivity contribution in [2.45, 2.75) is 204 Å². The highest BCUT2D eigenvalue weighted by Crippen LogP contribution is 2.47. The van der Waals surface area contributed by atoms with E-state index >= 15 is 0 Å². The molecule has 16 nitrogen and oxygen atoms in total. The Labute approximate surface area is 392 Å². The van der Waals surface area contributed by atoms with Crippen LogP contribution in [0.3, 0.4) is 0 Å². The first-order chi connectivity index (χ1) is 31.6. The van der Waals surface area contributed by atoms with Gasteiger partial charge in [-0.05, 0) is 64.2 Å². The molecule has 0 spiro atoms. The van der Waals surface area contributed by atoms with E-state index in [9.17, 15) is 59.6 Å². The van der Waals surface area contributed by atoms with Gasteiger partial charge < -0.3 is 50.1 Å². The number of ether oxygens (including phenoxy) is 2. The van der Waals surface area contributed by atoms with Gasteiger partial charge in [0.15, 0.2) is 6.10 Å². The van der Waals surface area contributed by atoms with Gasteiger partial charge in [0.05, 0.1) is 36.9 Å². The van der Waals surface area contributed by atoms with E-state index < -0.39 is 112 Å². The molecule has 66 heavy (non-hydrogen) atoms. The van der Waals surface area contributed by atoms with Crippen LogP contribution in [0.15, 0.2) is 60.8 Å². The summed E-state index contributed by atoms with van der Waals surface area (Å²) >= 11 is 0. The van der Waals surface area contributed by atoms with Crippen LogP contribution in [0, 0.1) is 11.8 Å². The summed E-state index contributed by atoms with van der Waals surface area (Å²) in [5, 5.41) is 78.5. The van der Waals surface area contributed by atoms with E-state index in [1.807, 2.05) is 19.1 Å². The molecule has 0 aromatic rings. The van der Waals surface area contributed by atoms with Crippen LogP contribution >= 0.6 is 7.82 Å². The third-order valence-corrected chi connectivity index (χ3v) is 12.7. The Balaban J connectivity index is 2.20. The first kappa shape index (κ1) is 59.3. The zero-order chi connectivity index (χ0) is 48.7. The van der Waals surface area contributed by atoms with Gasteiger partial charge in [-0.1, -0.05) is 126 Å². The number of phosphoric acid groups is 1. The number of ketones is 1. The topological polar surface area (TPSA) is 267 Å². The molecular weight excluding hydrogens is 875 g/mol. The van der Waals surface area contributed by atoms with Crippen molar-refractivity contribution in [3.8, 4) is 0 Å². The predicted octanol–water partition coefficient (Wildman–Crippen LogP) is 6.31. The quantitative estimate of drug-likeness (QED) is 0.0256. The fraction of sp³-hybridized carbons (Fsp3) is 0.735. The van der Waals surface area contributed by atoms with E-state index in [0.717, 1.165) is 38.2 Å². The van der Waals surface area contributed by atoms with E-state index in [0.29, 0.717) is 38.5 Å². The SMILES string of the molecule is CCCCCCCC/C=C\C/C=C\C/C=C\CCCC(=O)O[C@@H]1COC(=O)CCC/C=C\C[C@@H]2[C@@H](O)[C@H](O)[C@@H](O)[C@H](OP(=O)(O)OC1)[C@H](O)[C@H](O)[C@@H](/C=C/[C@@H](O)CCCCC)C(=O)C[C@@H]2O. The molecule has 17 heteroatoms. The number of aliphatic hydroxyl groups excluding tert-OH is 7. The Hall–Kier alpha value is -2.86. The average Bonchev–Trinajstić information content (AvgIpc) is 3.28. The number of unbranched alkanes of at least 4 members (excludes halogenated alkanes) is 9. The number of allylic oxidation sites excluding steroid dienone is 8. The monoisotopic (exact) mass is 957 g/mol. The highest BCUT2D eigenvalue weighted by molar-refractivity contribution is 7.47. The van der Waals surface area contributed by atoms with Crippen molar-refractivity contribution in [1.29, 1.82) is 0 Å². The number of cyclic esters (lactones) is 1. The maximum Gasteiger partial charge on any atom is 0.472 e. The maximum absolute atomic E-state index is 13.7. The summed E-state index contributed by atoms with van der Waals surface area (Å²) in [6.45, 7) is 2.73. The molecular formula is C49H81O16P. The van der Waals surface area contributed by atoms with E-state index in [2.05, 4.69) is 31.2 Å². The first-order valence-electron chi connectivity index (χ1n) is 24.2. The zero-order valence-corrected chi connectivity index (χ0v) is 40.1. The number of hydrogen-bond donors (Lipinski definition) is 8. The van der Waals surface area contributed by atoms with E-state index in [4.69, 9.17) is 18.5 Å². The number of rotatable bonds is 22. The molecule has 1 saturated carbocycles. The van der Waals surface area contributed by atoms with Gasteiger partial charge in [-0.15, -0.1) is 0 Å². The molecule has 1 unspecified atom stereocenters. The van der Waals surface area contributed by atoms with E-state index in [1.54, 1.807) is 6.08 Å². The molecule has 0 amide bonds. The summed E-state index contributed by atoms with van der Waals surface area (Å²) in [6.07, 6.45) is 13.8. The minimum atomic E-state index is -5.48. The van der Waals surface area contributed by atoms with Crippen molar-refractivity contribution in [3.05, 3.63) is 60.8 Å². The third-order valence-electron chi connectivity index (χ3n) is 11.7. The number of esters is 2. The fourth-order valence-electron chi connectivity index (χ4n) is 7.66. The molecule has 1 aliphatic carbocycles. The van der Waals surface area contributed by atoms with Crippen LogP contribution in [0.4, 0.5) is 0 Å². The van der Waals surface area contributed by atoms with Gasteiger partial charge in [0.2, 0.25) is 0 Å². The second-order valence-electron chi connectivity index (χ2n) is 17.4. The van der Waals surface area contributed by atoms with Crippen LogP contribution in [0.1, 0.15) is 149 Å². The number of hydrogen-bond acceptors (Lipinski definition) is 15. The smallest absolute Gasteiger partial charge is 0.462 e. The van der Waals surface area contributed by atoms with Gasteiger partial charge in [0, 0.05) is 25.2 Å². The summed E-state index contributed by atoms with van der Waals surface area (Å²) in [5.74, 6) is -5.24. The Bertz CT molecular complexity index is 1560. The average molecular weight is 957 g/mol. The number of carbonyl (C=O) groups excluding carboxylic acids is 3. The van der Waals surface area contributed by atoms with E-state index in [-0.39, 0.29) is 19.3 Å². The second-order valence-corrected chi connectivity index (χ2v) is 18.8. The molecule has 12 atom stereocenters. The Kier molecular flexibility index (Phi) is 30.9. The summed E-state index contributed by atoms with van der Waals surface area (Å²) in [4.78, 5) is 50.1. The van der Waals surface area contributed by atoms with Crippen molar-refractivity contribution < 1.29 is 78.1 Å². The lowest BCUT2D eigenvalue weighted by Crippen LogP contribution is -2.55. The van der Waals surface area contributed by atoms with Gasteiger partial charge >= 0.3 is 19.8 Å². The van der Waals surface area contributed by atoms with Gasteiger partial charge in [0.1, 0.15) is 36.8 Å². The zero-order valence-electron chi connectivity index (χ0n) is 39.2. The Morgan fingerprint density at radius 2 is 1.41 bits per heavy atom. The van der Waals surface area contributed by atoms with Crippen LogP contribution in [-0.4, -0.2) is 127 Å². The Morgan fingerprint density at radius 3 is 2.11 bits per heavy atom. The molecule has 378 valence electrons. The minimum Gasteiger partial charge on any atom is -0.462 e. The largest absolute Gasteiger partial charge is 0.472 e. The number of phosphoric ester groups is 1. The number of fused-ring (bicyclic) bond motifs is 4. The van der Waals surface area contributed by atoms with Crippen LogP contribution in [-0.2, 0) is 37.5 Å². The summed E-state index contributed by atoms with van der Waals surface area (Å²) in [5.41, 5.74) is 0. The van der Waals surface area contributed by atoms with Crippen LogP contribution in [0.5, 0.6) is 0 Å². The Morgan fingerprint density at radius 1 is 0.788 bits per heavy atom. The normalized spacial score (nSPS) is 31.5. The molecule has 0 aromatic heterocycles. The highest BCUT2D eigenvalue weighted by Gasteiger charge is 2.49. The molecule has 0 saturated heterocycles. The van der Waals surface area contributed by atoms with Crippen LogP contribution in [0.25, 0.3) is 0 Å². The summed E-state index contributed by atoms with van der Waals surface area (Å²) < 4.78 is 34.6. The lowest BCUT2D eigenvalue weighted by Gasteiger charge is -2.36. The van der Waals surface area contributed by atoms with Crippen molar-refractivity contribution in [2.24, 2.45) is 11.8 Å². The third kappa shape index (κ3) is 24.4. The minimum absolute atomic E-state index is 0.0496. The van der Waals surface area contributed by atoms with Crippen molar-refractivity contribution >= 4 is 25.5 Å². The highest BCUT2D eigenvalue weighted by atomic mass is 31.2. The van der Waals surface area contributed by atoms with Gasteiger partial charge in [-0.2, -0.15) is 0 Å². The number of carbonyl (C=O) groups is 3. The van der Waals surface area contributed by atoms with Gasteiger partial charge in [-0.3, -0.25) is 23.4 Å². The molecule has 2 bridgehead atoms. The molecule has 1 heterocycles. The molecule has 2 aliphatic rings. The standard InChI is InChI=1S/C49H81O16P/c1-3-5-7-8-9-10-11-12-13-14-15-16-17-18-19-20-26-30-43(54)64-37-34-62-42(53)29-25-22-21-24-28-38-40(51)33-41(52)39(32-31-36(50)27-23-6-4-2)45(56)47(58)49(48(59)46(57)44(38)55)65-66(60,61)63-35-37/h12-13,15-16,18-19,21,24,31-32,36-40,44-51,55-59H,3-11,14,17,20,22-23,25-30,33-35H2,1-2H3,(H,60,61)/b13-12-,16-15-,19-18-,24-21-,32-31+/t36-,37+,38-,39-,40-,44+,45+,46-,47+,48+,49+/m0/s1. The van der Waals surface area contributed by atoms with Gasteiger partial charge in [0.25, 0.3) is 0 Å². The molecule has 0 radical (unpaired) electrons. The molecule has 2 rings (SSSR count). The molecule has 0 aromatic carbocycles. The molecule has 1 aliphatic heterocycles. The number of aliphatic hydroxyl groups is 7. The van der Waals surface area contributed by atoms with Crippen molar-refractivity contribution in [1.82, 2.24) is 0 Å². The molecule has 1 fully saturated rings. The van der Waals surface area contributed by atoms with Crippen LogP contribution in [0.2, 0.25) is 0 Å². The van der Waals surface area contributed by atoms with Gasteiger partial charge in [-0.25, -0.2) is 4.57 Å². The number of Topliss-reactive ketones (excluding diaryl/α,β-unsaturated/α-hetero) is 1. The van der Waals surface area contributed by atoms with E-state index in [1.165, 1.54) is 50.7 Å². The van der Waals surface area contributed by atoms with Crippen molar-refractivity contribution in [2.75, 3.05) is 13.2 Å². The van der Waals surface area contributed by atoms with Crippen LogP contribution < -0.4 is 0 Å².